The van der Waals surface area contributed by atoms with Gasteiger partial charge in [-0.25, -0.2) is 4.68 Å². The highest BCUT2D eigenvalue weighted by Crippen LogP contribution is 2.20. The summed E-state index contributed by atoms with van der Waals surface area (Å²) in [6.07, 6.45) is 1.48. The van der Waals surface area contributed by atoms with Crippen LogP contribution >= 0.6 is 0 Å². The van der Waals surface area contributed by atoms with Crippen LogP contribution < -0.4 is 10.2 Å². The van der Waals surface area contributed by atoms with Gasteiger partial charge in [0, 0.05) is 31.9 Å². The van der Waals surface area contributed by atoms with Crippen molar-refractivity contribution in [3.63, 3.8) is 0 Å². The van der Waals surface area contributed by atoms with Crippen LogP contribution in [0.25, 0.3) is 5.69 Å². The molecular weight excluding hydrogens is 376 g/mol. The summed E-state index contributed by atoms with van der Waals surface area (Å²) >= 11 is 0. The van der Waals surface area contributed by atoms with Crippen molar-refractivity contribution in [3.05, 3.63) is 71.9 Å². The van der Waals surface area contributed by atoms with Gasteiger partial charge < -0.3 is 10.2 Å². The first kappa shape index (κ1) is 19.7. The van der Waals surface area contributed by atoms with E-state index in [1.165, 1.54) is 17.4 Å². The van der Waals surface area contributed by atoms with Crippen LogP contribution in [0.2, 0.25) is 0 Å². The Hall–Kier alpha value is -3.63. The quantitative estimate of drug-likeness (QED) is 0.713. The summed E-state index contributed by atoms with van der Waals surface area (Å²) in [5.41, 5.74) is 3.61. The second-order valence-electron chi connectivity index (χ2n) is 7.42. The summed E-state index contributed by atoms with van der Waals surface area (Å²) in [5, 5.41) is 16.6. The molecule has 30 heavy (non-hydrogen) atoms. The number of nitrogens with zero attached hydrogens (tertiary/aromatic N) is 5. The summed E-state index contributed by atoms with van der Waals surface area (Å²) < 4.78 is 1.59. The zero-order valence-electron chi connectivity index (χ0n) is 17.0. The fraction of sp³-hybridized carbons (Fsp3) is 0.261. The fourth-order valence-electron chi connectivity index (χ4n) is 3.68. The number of para-hydroxylation sites is 1. The number of aromatic nitrogens is 2. The average molecular weight is 400 g/mol. The van der Waals surface area contributed by atoms with Gasteiger partial charge in [0.25, 0.3) is 0 Å². The van der Waals surface area contributed by atoms with Crippen molar-refractivity contribution in [2.75, 3.05) is 42.9 Å². The van der Waals surface area contributed by atoms with Crippen LogP contribution in [-0.4, -0.2) is 53.3 Å². The molecule has 1 aliphatic heterocycles. The third-order valence-corrected chi connectivity index (χ3v) is 5.25. The van der Waals surface area contributed by atoms with Gasteiger partial charge in [0.05, 0.1) is 18.4 Å². The summed E-state index contributed by atoms with van der Waals surface area (Å²) in [4.78, 5) is 17.2. The van der Waals surface area contributed by atoms with Gasteiger partial charge in [-0.05, 0) is 36.8 Å². The van der Waals surface area contributed by atoms with E-state index >= 15 is 0 Å². The SMILES string of the molecule is Cc1cccc(N2CCN(CC(=O)Nc3c(C#N)cnn3-c3ccccc3)CC2)c1. The third kappa shape index (κ3) is 4.34. The molecule has 2 aromatic carbocycles. The molecule has 152 valence electrons. The Morgan fingerprint density at radius 2 is 1.80 bits per heavy atom. The topological polar surface area (TPSA) is 77.2 Å². The van der Waals surface area contributed by atoms with Gasteiger partial charge in [-0.2, -0.15) is 10.4 Å². The molecule has 1 N–H and O–H groups in total. The molecule has 0 atom stereocenters. The Bertz CT molecular complexity index is 1060. The summed E-state index contributed by atoms with van der Waals surface area (Å²) in [6.45, 7) is 5.76. The molecule has 2 heterocycles. The normalized spacial score (nSPS) is 14.3. The number of piperazine rings is 1. The minimum atomic E-state index is -0.145. The van der Waals surface area contributed by atoms with E-state index in [1.807, 2.05) is 30.3 Å². The highest BCUT2D eigenvalue weighted by molar-refractivity contribution is 5.93. The minimum absolute atomic E-state index is 0.145. The largest absolute Gasteiger partial charge is 0.369 e. The molecular formula is C23H24N6O. The second-order valence-corrected chi connectivity index (χ2v) is 7.42. The summed E-state index contributed by atoms with van der Waals surface area (Å²) in [7, 11) is 0. The molecule has 1 aromatic heterocycles. The standard InChI is InChI=1S/C23H24N6O/c1-18-6-5-9-21(14-18)28-12-10-27(11-13-28)17-22(30)26-23-19(15-24)16-25-29(23)20-7-3-2-4-8-20/h2-9,14,16H,10-13,17H2,1H3,(H,26,30). The second kappa shape index (κ2) is 8.80. The lowest BCUT2D eigenvalue weighted by Gasteiger charge is -2.35. The van der Waals surface area contributed by atoms with E-state index in [2.05, 4.69) is 57.5 Å². The molecule has 4 rings (SSSR count). The zero-order valence-corrected chi connectivity index (χ0v) is 17.0. The van der Waals surface area contributed by atoms with E-state index in [0.29, 0.717) is 11.4 Å². The number of benzene rings is 2. The Morgan fingerprint density at radius 3 is 2.50 bits per heavy atom. The van der Waals surface area contributed by atoms with Gasteiger partial charge in [0.1, 0.15) is 11.6 Å². The molecule has 7 heteroatoms. The average Bonchev–Trinajstić information content (AvgIpc) is 3.17. The molecule has 1 amide bonds. The zero-order chi connectivity index (χ0) is 20.9. The maximum absolute atomic E-state index is 12.7. The van der Waals surface area contributed by atoms with Crippen molar-refractivity contribution in [3.8, 4) is 11.8 Å². The molecule has 1 aliphatic rings. The van der Waals surface area contributed by atoms with Crippen molar-refractivity contribution < 1.29 is 4.79 Å². The van der Waals surface area contributed by atoms with Crippen LogP contribution in [0, 0.1) is 18.3 Å². The molecule has 1 saturated heterocycles. The van der Waals surface area contributed by atoms with Crippen molar-refractivity contribution in [1.82, 2.24) is 14.7 Å². The van der Waals surface area contributed by atoms with Crippen LogP contribution in [0.5, 0.6) is 0 Å². The molecule has 0 unspecified atom stereocenters. The molecule has 0 bridgehead atoms. The lowest BCUT2D eigenvalue weighted by atomic mass is 10.2. The van der Waals surface area contributed by atoms with Crippen molar-refractivity contribution in [2.24, 2.45) is 0 Å². The first-order chi connectivity index (χ1) is 14.6. The number of rotatable bonds is 5. The number of nitriles is 1. The number of hydrogen-bond acceptors (Lipinski definition) is 5. The smallest absolute Gasteiger partial charge is 0.239 e. The van der Waals surface area contributed by atoms with Gasteiger partial charge >= 0.3 is 0 Å². The van der Waals surface area contributed by atoms with E-state index in [1.54, 1.807) is 4.68 Å². The van der Waals surface area contributed by atoms with Gasteiger partial charge in [-0.15, -0.1) is 0 Å². The lowest BCUT2D eigenvalue weighted by molar-refractivity contribution is -0.117. The van der Waals surface area contributed by atoms with Gasteiger partial charge in [0.2, 0.25) is 5.91 Å². The highest BCUT2D eigenvalue weighted by atomic mass is 16.2. The number of nitrogens with one attached hydrogen (secondary N) is 1. The number of hydrogen-bond donors (Lipinski definition) is 1. The number of aryl methyl sites for hydroxylation is 1. The first-order valence-corrected chi connectivity index (χ1v) is 10.0. The van der Waals surface area contributed by atoms with E-state index in [0.717, 1.165) is 31.9 Å². The lowest BCUT2D eigenvalue weighted by Crippen LogP contribution is -2.48. The first-order valence-electron chi connectivity index (χ1n) is 10.0. The Kier molecular flexibility index (Phi) is 5.77. The van der Waals surface area contributed by atoms with Gasteiger partial charge in [-0.1, -0.05) is 30.3 Å². The molecule has 0 aliphatic carbocycles. The Morgan fingerprint density at radius 1 is 1.07 bits per heavy atom. The monoisotopic (exact) mass is 400 g/mol. The van der Waals surface area contributed by atoms with E-state index in [9.17, 15) is 10.1 Å². The Labute approximate surface area is 176 Å². The highest BCUT2D eigenvalue weighted by Gasteiger charge is 2.21. The van der Waals surface area contributed by atoms with Crippen LogP contribution in [0.3, 0.4) is 0 Å². The number of amides is 1. The third-order valence-electron chi connectivity index (χ3n) is 5.25. The predicted molar refractivity (Wildman–Crippen MR) is 117 cm³/mol. The van der Waals surface area contributed by atoms with Crippen LogP contribution in [0.4, 0.5) is 11.5 Å². The van der Waals surface area contributed by atoms with E-state index in [4.69, 9.17) is 0 Å². The summed E-state index contributed by atoms with van der Waals surface area (Å²) in [5.74, 6) is 0.264. The van der Waals surface area contributed by atoms with Gasteiger partial charge in [-0.3, -0.25) is 9.69 Å². The fourth-order valence-corrected chi connectivity index (χ4v) is 3.68. The van der Waals surface area contributed by atoms with Crippen molar-refractivity contribution in [1.29, 1.82) is 5.26 Å². The van der Waals surface area contributed by atoms with E-state index < -0.39 is 0 Å². The Balaban J connectivity index is 1.38. The molecule has 0 saturated carbocycles. The minimum Gasteiger partial charge on any atom is -0.369 e. The molecule has 0 spiro atoms. The number of anilines is 2. The maximum atomic E-state index is 12.7. The van der Waals surface area contributed by atoms with Crippen LogP contribution in [-0.2, 0) is 4.79 Å². The predicted octanol–water partition coefficient (Wildman–Crippen LogP) is 2.81. The van der Waals surface area contributed by atoms with Crippen LogP contribution in [0.1, 0.15) is 11.1 Å². The van der Waals surface area contributed by atoms with Crippen molar-refractivity contribution >= 4 is 17.4 Å². The number of carbonyl (C=O) groups excluding carboxylic acids is 1. The molecule has 1 fully saturated rings. The molecule has 0 radical (unpaired) electrons. The summed E-state index contributed by atoms with van der Waals surface area (Å²) in [6, 6.07) is 20.1. The van der Waals surface area contributed by atoms with E-state index in [-0.39, 0.29) is 12.5 Å². The maximum Gasteiger partial charge on any atom is 0.239 e. The van der Waals surface area contributed by atoms with Crippen molar-refractivity contribution in [2.45, 2.75) is 6.92 Å². The molecule has 7 nitrogen and oxygen atoms in total. The van der Waals surface area contributed by atoms with Crippen LogP contribution in [0.15, 0.2) is 60.8 Å². The van der Waals surface area contributed by atoms with Gasteiger partial charge in [0.15, 0.2) is 5.82 Å². The molecule has 3 aromatic rings. The number of carbonyl (C=O) groups is 1.